The van der Waals surface area contributed by atoms with Crippen LogP contribution in [0.4, 0.5) is 10.1 Å². The van der Waals surface area contributed by atoms with E-state index >= 15 is 0 Å². The molecule has 1 aliphatic heterocycles. The van der Waals surface area contributed by atoms with Gasteiger partial charge in [-0.25, -0.2) is 4.39 Å². The van der Waals surface area contributed by atoms with Crippen molar-refractivity contribution >= 4 is 28.4 Å². The molecule has 0 atom stereocenters. The number of benzene rings is 3. The normalized spacial score (nSPS) is 14.2. The Kier molecular flexibility index (Phi) is 7.29. The maximum atomic E-state index is 14.0. The molecular weight excluding hydrogens is 479 g/mol. The number of hydrogen-bond acceptors (Lipinski definition) is 3. The lowest BCUT2D eigenvalue weighted by atomic mass is 10.1. The number of fused-ring (bicyclic) bond motifs is 1. The second-order valence-corrected chi connectivity index (χ2v) is 10.00. The number of anilines is 1. The summed E-state index contributed by atoms with van der Waals surface area (Å²) in [6.45, 7) is 10.5. The number of amides is 2. The zero-order valence-corrected chi connectivity index (χ0v) is 22.1. The zero-order valence-electron chi connectivity index (χ0n) is 22.1. The van der Waals surface area contributed by atoms with Gasteiger partial charge in [0.05, 0.1) is 0 Å². The summed E-state index contributed by atoms with van der Waals surface area (Å²) in [6, 6.07) is 19.6. The van der Waals surface area contributed by atoms with Crippen LogP contribution in [0.1, 0.15) is 44.5 Å². The molecule has 1 aliphatic rings. The average Bonchev–Trinajstić information content (AvgIpc) is 3.27. The van der Waals surface area contributed by atoms with E-state index in [9.17, 15) is 14.0 Å². The highest BCUT2D eigenvalue weighted by Gasteiger charge is 2.25. The van der Waals surface area contributed by atoms with Gasteiger partial charge in [0.1, 0.15) is 11.5 Å². The van der Waals surface area contributed by atoms with Gasteiger partial charge >= 0.3 is 0 Å². The van der Waals surface area contributed by atoms with E-state index in [1.54, 1.807) is 6.07 Å². The van der Waals surface area contributed by atoms with Crippen LogP contribution in [-0.4, -0.2) is 58.9 Å². The summed E-state index contributed by atoms with van der Waals surface area (Å²) in [7, 11) is 0. The Hall–Kier alpha value is -3.97. The first-order valence-electron chi connectivity index (χ1n) is 13.1. The lowest BCUT2D eigenvalue weighted by Crippen LogP contribution is -2.48. The number of nitrogens with one attached hydrogen (secondary N) is 1. The molecule has 1 aromatic heterocycles. The van der Waals surface area contributed by atoms with Crippen molar-refractivity contribution in [3.8, 4) is 0 Å². The van der Waals surface area contributed by atoms with E-state index in [1.165, 1.54) is 12.1 Å². The van der Waals surface area contributed by atoms with Crippen LogP contribution < -0.4 is 5.32 Å². The first-order valence-corrected chi connectivity index (χ1v) is 13.1. The number of hydrogen-bond donors (Lipinski definition) is 1. The fraction of sp³-hybridized carbons (Fsp3) is 0.290. The van der Waals surface area contributed by atoms with Crippen molar-refractivity contribution in [3.63, 3.8) is 0 Å². The summed E-state index contributed by atoms with van der Waals surface area (Å²) >= 11 is 0. The minimum atomic E-state index is -0.307. The molecular formula is C31H33FN4O2. The van der Waals surface area contributed by atoms with Gasteiger partial charge < -0.3 is 19.7 Å². The minimum absolute atomic E-state index is 0.0333. The van der Waals surface area contributed by atoms with Gasteiger partial charge in [0, 0.05) is 54.9 Å². The van der Waals surface area contributed by atoms with Gasteiger partial charge in [-0.3, -0.25) is 9.59 Å². The second-order valence-electron chi connectivity index (χ2n) is 10.00. The molecule has 2 amide bonds. The van der Waals surface area contributed by atoms with E-state index in [0.717, 1.165) is 47.2 Å². The fourth-order valence-electron chi connectivity index (χ4n) is 5.03. The number of rotatable bonds is 6. The molecule has 7 heteroatoms. The SMILES string of the molecule is CCN1CCN(C(=O)c2cc3cc(NC(=O)c4ccc(C)c(C)c4)ccc3n2Cc2cccc(F)c2)CC1. The van der Waals surface area contributed by atoms with Gasteiger partial charge in [-0.1, -0.05) is 25.1 Å². The molecule has 0 saturated carbocycles. The molecule has 0 unspecified atom stereocenters. The van der Waals surface area contributed by atoms with Crippen molar-refractivity contribution < 1.29 is 14.0 Å². The highest BCUT2D eigenvalue weighted by atomic mass is 19.1. The predicted octanol–water partition coefficient (Wildman–Crippen LogP) is 5.48. The Labute approximate surface area is 222 Å². The van der Waals surface area contributed by atoms with Crippen molar-refractivity contribution in [2.45, 2.75) is 27.3 Å². The molecule has 5 rings (SSSR count). The van der Waals surface area contributed by atoms with Crippen LogP contribution in [0.5, 0.6) is 0 Å². The number of halogens is 1. The number of nitrogens with zero attached hydrogens (tertiary/aromatic N) is 3. The lowest BCUT2D eigenvalue weighted by Gasteiger charge is -2.34. The molecule has 1 fully saturated rings. The molecule has 0 spiro atoms. The maximum absolute atomic E-state index is 14.0. The predicted molar refractivity (Wildman–Crippen MR) is 149 cm³/mol. The van der Waals surface area contributed by atoms with E-state index in [0.29, 0.717) is 36.6 Å². The maximum Gasteiger partial charge on any atom is 0.270 e. The molecule has 4 aromatic rings. The summed E-state index contributed by atoms with van der Waals surface area (Å²) in [5.41, 5.74) is 5.64. The number of carbonyl (C=O) groups excluding carboxylic acids is 2. The first-order chi connectivity index (χ1) is 18.3. The number of likely N-dealkylation sites (N-methyl/N-ethyl adjacent to an activating group) is 1. The zero-order chi connectivity index (χ0) is 26.8. The van der Waals surface area contributed by atoms with E-state index in [4.69, 9.17) is 0 Å². The Bertz CT molecular complexity index is 1500. The number of aromatic nitrogens is 1. The smallest absolute Gasteiger partial charge is 0.270 e. The van der Waals surface area contributed by atoms with Crippen LogP contribution in [0.25, 0.3) is 10.9 Å². The monoisotopic (exact) mass is 512 g/mol. The van der Waals surface area contributed by atoms with Crippen molar-refractivity contribution in [2.24, 2.45) is 0 Å². The second kappa shape index (κ2) is 10.8. The van der Waals surface area contributed by atoms with Crippen LogP contribution in [0.3, 0.4) is 0 Å². The van der Waals surface area contributed by atoms with Gasteiger partial charge in [-0.05, 0) is 85.6 Å². The van der Waals surface area contributed by atoms with Gasteiger partial charge in [0.15, 0.2) is 0 Å². The molecule has 0 bridgehead atoms. The van der Waals surface area contributed by atoms with Crippen LogP contribution in [0.15, 0.2) is 66.7 Å². The number of piperazine rings is 1. The van der Waals surface area contributed by atoms with E-state index in [-0.39, 0.29) is 17.6 Å². The van der Waals surface area contributed by atoms with Crippen LogP contribution in [-0.2, 0) is 6.54 Å². The molecule has 1 N–H and O–H groups in total. The Morgan fingerprint density at radius 2 is 1.68 bits per heavy atom. The molecule has 6 nitrogen and oxygen atoms in total. The Morgan fingerprint density at radius 1 is 0.895 bits per heavy atom. The van der Waals surface area contributed by atoms with Gasteiger partial charge in [0.2, 0.25) is 0 Å². The van der Waals surface area contributed by atoms with E-state index in [2.05, 4.69) is 17.1 Å². The molecule has 38 heavy (non-hydrogen) atoms. The third-order valence-corrected chi connectivity index (χ3v) is 7.48. The van der Waals surface area contributed by atoms with Gasteiger partial charge in [-0.15, -0.1) is 0 Å². The summed E-state index contributed by atoms with van der Waals surface area (Å²) in [6.07, 6.45) is 0. The molecule has 3 aromatic carbocycles. The molecule has 0 radical (unpaired) electrons. The first kappa shape index (κ1) is 25.7. The Morgan fingerprint density at radius 3 is 2.39 bits per heavy atom. The third kappa shape index (κ3) is 5.34. The summed E-state index contributed by atoms with van der Waals surface area (Å²) in [5, 5.41) is 3.83. The Balaban J connectivity index is 1.47. The van der Waals surface area contributed by atoms with Crippen LogP contribution in [0.2, 0.25) is 0 Å². The van der Waals surface area contributed by atoms with Crippen LogP contribution >= 0.6 is 0 Å². The third-order valence-electron chi connectivity index (χ3n) is 7.48. The van der Waals surface area contributed by atoms with E-state index in [1.807, 2.05) is 71.8 Å². The molecule has 2 heterocycles. The molecule has 196 valence electrons. The lowest BCUT2D eigenvalue weighted by molar-refractivity contribution is 0.0633. The standard InChI is InChI=1S/C31H33FN4O2/c1-4-34-12-14-35(15-13-34)31(38)29-19-25-18-27(33-30(37)24-9-8-21(2)22(3)16-24)10-11-28(25)36(29)20-23-6-5-7-26(32)17-23/h5-11,16-19H,4,12-15,20H2,1-3H3,(H,33,37). The topological polar surface area (TPSA) is 57.6 Å². The van der Waals surface area contributed by atoms with Crippen molar-refractivity contribution in [3.05, 3.63) is 100 Å². The number of carbonyl (C=O) groups is 2. The number of aryl methyl sites for hydroxylation is 2. The molecule has 1 saturated heterocycles. The van der Waals surface area contributed by atoms with Gasteiger partial charge in [-0.2, -0.15) is 0 Å². The van der Waals surface area contributed by atoms with Crippen molar-refractivity contribution in [1.82, 2.24) is 14.4 Å². The van der Waals surface area contributed by atoms with Crippen LogP contribution in [0, 0.1) is 19.7 Å². The van der Waals surface area contributed by atoms with Crippen molar-refractivity contribution in [1.29, 1.82) is 0 Å². The fourth-order valence-corrected chi connectivity index (χ4v) is 5.03. The minimum Gasteiger partial charge on any atom is -0.335 e. The summed E-state index contributed by atoms with van der Waals surface area (Å²) < 4.78 is 15.9. The summed E-state index contributed by atoms with van der Waals surface area (Å²) in [4.78, 5) is 30.8. The molecule has 0 aliphatic carbocycles. The highest BCUT2D eigenvalue weighted by molar-refractivity contribution is 6.06. The highest BCUT2D eigenvalue weighted by Crippen LogP contribution is 2.27. The quantitative estimate of drug-likeness (QED) is 0.373. The largest absolute Gasteiger partial charge is 0.335 e. The van der Waals surface area contributed by atoms with Gasteiger partial charge in [0.25, 0.3) is 11.8 Å². The summed E-state index contributed by atoms with van der Waals surface area (Å²) in [5.74, 6) is -0.523. The van der Waals surface area contributed by atoms with Crippen molar-refractivity contribution in [2.75, 3.05) is 38.0 Å². The average molecular weight is 513 g/mol. The van der Waals surface area contributed by atoms with E-state index < -0.39 is 0 Å².